The van der Waals surface area contributed by atoms with Crippen LogP contribution in [0.25, 0.3) is 0 Å². The summed E-state index contributed by atoms with van der Waals surface area (Å²) >= 11 is 0. The van der Waals surface area contributed by atoms with Crippen molar-refractivity contribution in [2.45, 2.75) is 79.1 Å². The van der Waals surface area contributed by atoms with Crippen LogP contribution >= 0.6 is 0 Å². The molecule has 44 heavy (non-hydrogen) atoms. The zero-order chi connectivity index (χ0) is 33.7. The predicted octanol–water partition coefficient (Wildman–Crippen LogP) is 0.861. The van der Waals surface area contributed by atoms with Gasteiger partial charge in [-0.15, -0.1) is 0 Å². The number of nitrogens with zero attached hydrogens (tertiary/aromatic N) is 4. The van der Waals surface area contributed by atoms with Gasteiger partial charge in [-0.1, -0.05) is 0 Å². The van der Waals surface area contributed by atoms with Crippen molar-refractivity contribution in [2.75, 3.05) is 85.1 Å². The number of ether oxygens (including phenoxy) is 4. The Morgan fingerprint density at radius 2 is 0.705 bits per heavy atom. The first-order chi connectivity index (χ1) is 20.1. The average molecular weight is 631 g/mol. The van der Waals surface area contributed by atoms with E-state index >= 15 is 0 Å². The Hall–Kier alpha value is -2.81. The highest BCUT2D eigenvalue weighted by molar-refractivity contribution is 5.76. The Balaban J connectivity index is 3.21. The van der Waals surface area contributed by atoms with E-state index in [1.807, 2.05) is 14.7 Å². The smallest absolute Gasteiger partial charge is 0.341 e. The maximum Gasteiger partial charge on any atom is 0.341 e. The number of esters is 4. The summed E-state index contributed by atoms with van der Waals surface area (Å²) in [6.07, 6.45) is 0. The molecule has 1 heterocycles. The third-order valence-electron chi connectivity index (χ3n) is 5.96. The number of hydrogen-bond donors (Lipinski definition) is 1. The molecule has 1 aliphatic heterocycles. The molecular weight excluding hydrogens is 576 g/mol. The third-order valence-corrected chi connectivity index (χ3v) is 5.96. The minimum Gasteiger partial charge on any atom is -0.479 e. The highest BCUT2D eigenvalue weighted by atomic mass is 16.6. The second kappa shape index (κ2) is 17.6. The van der Waals surface area contributed by atoms with Gasteiger partial charge in [-0.2, -0.15) is 0 Å². The third kappa shape index (κ3) is 20.2. The molecule has 254 valence electrons. The molecule has 1 saturated heterocycles. The number of carboxylic acids is 1. The van der Waals surface area contributed by atoms with Crippen molar-refractivity contribution in [3.05, 3.63) is 0 Å². The van der Waals surface area contributed by atoms with Gasteiger partial charge in [-0.3, -0.25) is 38.8 Å². The molecule has 0 radical (unpaired) electrons. The molecule has 14 nitrogen and oxygen atoms in total. The van der Waals surface area contributed by atoms with Crippen LogP contribution in [-0.2, 0) is 42.9 Å². The molecular formula is C30H54N4O10. The van der Waals surface area contributed by atoms with E-state index in [0.29, 0.717) is 52.4 Å². The fourth-order valence-electron chi connectivity index (χ4n) is 4.25. The van der Waals surface area contributed by atoms with Gasteiger partial charge in [0.2, 0.25) is 0 Å². The van der Waals surface area contributed by atoms with Crippen LogP contribution in [0.1, 0.15) is 62.3 Å². The Bertz CT molecular complexity index is 922. The summed E-state index contributed by atoms with van der Waals surface area (Å²) in [6.45, 7) is 18.3. The second-order valence-electron chi connectivity index (χ2n) is 13.9. The highest BCUT2D eigenvalue weighted by Gasteiger charge is 2.26. The SMILES string of the molecule is CC(C)(C)OC(=O)CN1CCN(CC(=O)OCC(=O)O)CCN(CC(=O)OC(C)(C)C)CCN(CC(=O)OC(C)(C)C)CC1. The molecule has 0 saturated carbocycles. The topological polar surface area (TPSA) is 155 Å². The lowest BCUT2D eigenvalue weighted by Crippen LogP contribution is -2.50. The molecule has 0 amide bonds. The van der Waals surface area contributed by atoms with E-state index < -0.39 is 47.3 Å². The highest BCUT2D eigenvalue weighted by Crippen LogP contribution is 2.11. The molecule has 1 aliphatic rings. The molecule has 14 heteroatoms. The average Bonchev–Trinajstić information content (AvgIpc) is 2.80. The van der Waals surface area contributed by atoms with Crippen molar-refractivity contribution in [2.24, 2.45) is 0 Å². The minimum atomic E-state index is -1.25. The molecule has 0 aromatic rings. The Labute approximate surface area is 261 Å². The molecule has 0 spiro atoms. The van der Waals surface area contributed by atoms with Gasteiger partial charge < -0.3 is 24.1 Å². The van der Waals surface area contributed by atoms with E-state index in [2.05, 4.69) is 0 Å². The standard InChI is InChI=1S/C30H54N4O10/c1-28(2,3)42-25(38)19-32-12-10-31(18-24(37)41-22-23(35)36)11-13-33(20-26(39)43-29(4,5)6)15-17-34(16-14-32)21-27(40)44-30(7,8)9/h10-22H2,1-9H3,(H,35,36). The molecule has 0 aliphatic carbocycles. The Morgan fingerprint density at radius 3 is 0.909 bits per heavy atom. The summed E-state index contributed by atoms with van der Waals surface area (Å²) in [4.78, 5) is 69.0. The van der Waals surface area contributed by atoms with Gasteiger partial charge in [0.25, 0.3) is 0 Å². The number of carboxylic acid groups (broad SMARTS) is 1. The van der Waals surface area contributed by atoms with E-state index in [-0.39, 0.29) is 32.1 Å². The molecule has 1 fully saturated rings. The van der Waals surface area contributed by atoms with Crippen LogP contribution in [0.4, 0.5) is 0 Å². The summed E-state index contributed by atoms with van der Waals surface area (Å²) in [6, 6.07) is 0. The van der Waals surface area contributed by atoms with Crippen LogP contribution in [0.2, 0.25) is 0 Å². The lowest BCUT2D eigenvalue weighted by molar-refractivity contribution is -0.159. The summed E-state index contributed by atoms with van der Waals surface area (Å²) in [5, 5.41) is 8.88. The monoisotopic (exact) mass is 630 g/mol. The van der Waals surface area contributed by atoms with Crippen LogP contribution in [0.3, 0.4) is 0 Å². The van der Waals surface area contributed by atoms with E-state index in [0.717, 1.165) is 0 Å². The summed E-state index contributed by atoms with van der Waals surface area (Å²) in [5.41, 5.74) is -1.97. The number of aliphatic carboxylic acids is 1. The van der Waals surface area contributed by atoms with Crippen LogP contribution in [-0.4, -0.2) is 156 Å². The Morgan fingerprint density at radius 1 is 0.477 bits per heavy atom. The van der Waals surface area contributed by atoms with Gasteiger partial charge in [-0.05, 0) is 62.3 Å². The van der Waals surface area contributed by atoms with Crippen LogP contribution in [0.15, 0.2) is 0 Å². The van der Waals surface area contributed by atoms with Crippen LogP contribution < -0.4 is 0 Å². The van der Waals surface area contributed by atoms with E-state index in [1.54, 1.807) is 67.2 Å². The van der Waals surface area contributed by atoms with Gasteiger partial charge in [0.15, 0.2) is 6.61 Å². The van der Waals surface area contributed by atoms with Crippen molar-refractivity contribution in [1.82, 2.24) is 19.6 Å². The maximum atomic E-state index is 12.7. The Kier molecular flexibility index (Phi) is 15.7. The molecule has 0 atom stereocenters. The first-order valence-electron chi connectivity index (χ1n) is 15.0. The van der Waals surface area contributed by atoms with E-state index in [9.17, 15) is 24.0 Å². The lowest BCUT2D eigenvalue weighted by atomic mass is 10.2. The van der Waals surface area contributed by atoms with Crippen molar-refractivity contribution < 1.29 is 48.0 Å². The molecule has 1 N–H and O–H groups in total. The van der Waals surface area contributed by atoms with Gasteiger partial charge in [0, 0.05) is 52.4 Å². The largest absolute Gasteiger partial charge is 0.479 e. The second-order valence-corrected chi connectivity index (χ2v) is 13.9. The maximum absolute atomic E-state index is 12.7. The van der Waals surface area contributed by atoms with Gasteiger partial charge >= 0.3 is 29.8 Å². The normalized spacial score (nSPS) is 17.6. The number of carbonyl (C=O) groups is 5. The van der Waals surface area contributed by atoms with Crippen molar-refractivity contribution in [1.29, 1.82) is 0 Å². The van der Waals surface area contributed by atoms with Crippen LogP contribution in [0, 0.1) is 0 Å². The van der Waals surface area contributed by atoms with Gasteiger partial charge in [-0.25, -0.2) is 4.79 Å². The first kappa shape index (κ1) is 39.2. The first-order valence-corrected chi connectivity index (χ1v) is 15.0. The number of hydrogen-bond acceptors (Lipinski definition) is 13. The quantitative estimate of drug-likeness (QED) is 0.268. The minimum absolute atomic E-state index is 0.000380. The van der Waals surface area contributed by atoms with Crippen molar-refractivity contribution in [3.8, 4) is 0 Å². The summed E-state index contributed by atoms with van der Waals surface area (Å²) in [5.74, 6) is -3.14. The zero-order valence-corrected chi connectivity index (χ0v) is 28.1. The fourth-order valence-corrected chi connectivity index (χ4v) is 4.25. The van der Waals surface area contributed by atoms with E-state index in [1.165, 1.54) is 0 Å². The summed E-state index contributed by atoms with van der Waals surface area (Å²) in [7, 11) is 0. The van der Waals surface area contributed by atoms with Crippen LogP contribution in [0.5, 0.6) is 0 Å². The fraction of sp³-hybridized carbons (Fsp3) is 0.833. The summed E-state index contributed by atoms with van der Waals surface area (Å²) < 4.78 is 21.5. The number of rotatable bonds is 10. The van der Waals surface area contributed by atoms with Gasteiger partial charge in [0.05, 0.1) is 26.2 Å². The molecule has 0 unspecified atom stereocenters. The predicted molar refractivity (Wildman–Crippen MR) is 162 cm³/mol. The molecule has 0 aromatic heterocycles. The van der Waals surface area contributed by atoms with E-state index in [4.69, 9.17) is 24.1 Å². The molecule has 0 bridgehead atoms. The van der Waals surface area contributed by atoms with Crippen molar-refractivity contribution in [3.63, 3.8) is 0 Å². The molecule has 0 aromatic carbocycles. The van der Waals surface area contributed by atoms with Gasteiger partial charge in [0.1, 0.15) is 16.8 Å². The lowest BCUT2D eigenvalue weighted by Gasteiger charge is -2.34. The number of carbonyl (C=O) groups excluding carboxylic acids is 4. The zero-order valence-electron chi connectivity index (χ0n) is 28.1. The van der Waals surface area contributed by atoms with Crippen molar-refractivity contribution >= 4 is 29.8 Å². The molecule has 1 rings (SSSR count).